The lowest BCUT2D eigenvalue weighted by molar-refractivity contribution is -0.117. The van der Waals surface area contributed by atoms with Crippen LogP contribution >= 0.6 is 0 Å². The van der Waals surface area contributed by atoms with Gasteiger partial charge in [-0.1, -0.05) is 0 Å². The van der Waals surface area contributed by atoms with Crippen LogP contribution in [-0.4, -0.2) is 42.8 Å². The zero-order chi connectivity index (χ0) is 20.9. The fourth-order valence-corrected chi connectivity index (χ4v) is 5.84. The predicted molar refractivity (Wildman–Crippen MR) is 106 cm³/mol. The highest BCUT2D eigenvalue weighted by atomic mass is 32.2. The molecule has 0 saturated carbocycles. The number of H-pyrrole nitrogens is 1. The van der Waals surface area contributed by atoms with Gasteiger partial charge in [-0.2, -0.15) is 0 Å². The van der Waals surface area contributed by atoms with E-state index < -0.39 is 9.84 Å². The molecular weight excluding hydrogens is 397 g/mol. The van der Waals surface area contributed by atoms with Gasteiger partial charge in [-0.15, -0.1) is 0 Å². The third-order valence-electron chi connectivity index (χ3n) is 5.63. The Labute approximate surface area is 168 Å². The number of rotatable bonds is 4. The van der Waals surface area contributed by atoms with Crippen LogP contribution in [0.1, 0.15) is 39.3 Å². The van der Waals surface area contributed by atoms with E-state index in [4.69, 9.17) is 0 Å². The Balaban J connectivity index is 1.55. The van der Waals surface area contributed by atoms with Gasteiger partial charge in [-0.05, 0) is 49.6 Å². The standard InChI is InChI=1S/C20H22FN3O4S/c1-11-16(9-24-17-4-3-14(21)7-13(17)8-18(24)25)22-12(2)19(11)20(26)23-15-5-6-29(27,28)10-15/h3-4,7,15,22H,5-6,8-10H2,1-2H3,(H,23,26). The molecule has 29 heavy (non-hydrogen) atoms. The molecule has 3 heterocycles. The van der Waals surface area contributed by atoms with E-state index in [1.807, 2.05) is 0 Å². The second kappa shape index (κ2) is 6.98. The lowest BCUT2D eigenvalue weighted by atomic mass is 10.1. The summed E-state index contributed by atoms with van der Waals surface area (Å²) in [7, 11) is -3.09. The van der Waals surface area contributed by atoms with E-state index in [0.717, 1.165) is 5.69 Å². The molecule has 2 aromatic rings. The Morgan fingerprint density at radius 1 is 1.34 bits per heavy atom. The molecule has 1 aromatic heterocycles. The van der Waals surface area contributed by atoms with Gasteiger partial charge < -0.3 is 15.2 Å². The minimum Gasteiger partial charge on any atom is -0.360 e. The number of carbonyl (C=O) groups excluding carboxylic acids is 2. The maximum Gasteiger partial charge on any atom is 0.253 e. The van der Waals surface area contributed by atoms with E-state index >= 15 is 0 Å². The Hall–Kier alpha value is -2.68. The molecular formula is C20H22FN3O4S. The molecule has 2 N–H and O–H groups in total. The molecule has 154 valence electrons. The highest BCUT2D eigenvalue weighted by molar-refractivity contribution is 7.91. The zero-order valence-corrected chi connectivity index (χ0v) is 17.0. The molecule has 2 aliphatic heterocycles. The van der Waals surface area contributed by atoms with Crippen LogP contribution in [0.4, 0.5) is 10.1 Å². The summed E-state index contributed by atoms with van der Waals surface area (Å²) >= 11 is 0. The maximum absolute atomic E-state index is 13.4. The number of nitrogens with one attached hydrogen (secondary N) is 2. The highest BCUT2D eigenvalue weighted by Crippen LogP contribution is 2.32. The van der Waals surface area contributed by atoms with Crippen molar-refractivity contribution in [3.8, 4) is 0 Å². The number of halogens is 1. The number of benzene rings is 1. The van der Waals surface area contributed by atoms with Crippen LogP contribution < -0.4 is 10.2 Å². The number of aromatic amines is 1. The minimum absolute atomic E-state index is 0.0380. The lowest BCUT2D eigenvalue weighted by Gasteiger charge is -2.17. The smallest absolute Gasteiger partial charge is 0.253 e. The largest absolute Gasteiger partial charge is 0.360 e. The van der Waals surface area contributed by atoms with Crippen LogP contribution in [0.25, 0.3) is 0 Å². The fourth-order valence-electron chi connectivity index (χ4n) is 4.16. The maximum atomic E-state index is 13.4. The Bertz CT molecular complexity index is 1120. The Morgan fingerprint density at radius 2 is 2.10 bits per heavy atom. The van der Waals surface area contributed by atoms with Gasteiger partial charge in [-0.3, -0.25) is 9.59 Å². The van der Waals surface area contributed by atoms with Crippen molar-refractivity contribution < 1.29 is 22.4 Å². The number of nitrogens with zero attached hydrogens (tertiary/aromatic N) is 1. The van der Waals surface area contributed by atoms with Crippen LogP contribution in [0, 0.1) is 19.7 Å². The molecule has 1 atom stereocenters. The summed E-state index contributed by atoms with van der Waals surface area (Å²) in [6.07, 6.45) is 0.564. The molecule has 7 nitrogen and oxygen atoms in total. The van der Waals surface area contributed by atoms with Crippen molar-refractivity contribution in [3.05, 3.63) is 52.1 Å². The van der Waals surface area contributed by atoms with Crippen LogP contribution in [-0.2, 0) is 27.6 Å². The van der Waals surface area contributed by atoms with Crippen molar-refractivity contribution in [3.63, 3.8) is 0 Å². The van der Waals surface area contributed by atoms with Crippen molar-refractivity contribution in [2.45, 2.75) is 39.3 Å². The van der Waals surface area contributed by atoms with Gasteiger partial charge in [0.1, 0.15) is 5.82 Å². The van der Waals surface area contributed by atoms with Crippen LogP contribution in [0.3, 0.4) is 0 Å². The minimum atomic E-state index is -3.09. The van der Waals surface area contributed by atoms with E-state index in [1.165, 1.54) is 12.1 Å². The van der Waals surface area contributed by atoms with E-state index in [1.54, 1.807) is 24.8 Å². The fraction of sp³-hybridized carbons (Fsp3) is 0.400. The van der Waals surface area contributed by atoms with E-state index in [0.29, 0.717) is 34.5 Å². The van der Waals surface area contributed by atoms with Gasteiger partial charge in [0.15, 0.2) is 9.84 Å². The molecule has 1 aromatic carbocycles. The molecule has 9 heteroatoms. The number of hydrogen-bond donors (Lipinski definition) is 2. The quantitative estimate of drug-likeness (QED) is 0.789. The highest BCUT2D eigenvalue weighted by Gasteiger charge is 2.32. The molecule has 1 saturated heterocycles. The van der Waals surface area contributed by atoms with Gasteiger partial charge in [0.25, 0.3) is 5.91 Å². The van der Waals surface area contributed by atoms with E-state index in [2.05, 4.69) is 10.3 Å². The summed E-state index contributed by atoms with van der Waals surface area (Å²) in [5.41, 5.74) is 3.88. The molecule has 1 fully saturated rings. The third kappa shape index (κ3) is 3.66. The second-order valence-electron chi connectivity index (χ2n) is 7.73. The van der Waals surface area contributed by atoms with E-state index in [-0.39, 0.29) is 48.1 Å². The summed E-state index contributed by atoms with van der Waals surface area (Å²) in [5, 5.41) is 2.81. The predicted octanol–water partition coefficient (Wildman–Crippen LogP) is 1.78. The van der Waals surface area contributed by atoms with Gasteiger partial charge in [0.2, 0.25) is 5.91 Å². The topological polar surface area (TPSA) is 99.3 Å². The van der Waals surface area contributed by atoms with Crippen LogP contribution in [0.2, 0.25) is 0 Å². The molecule has 0 spiro atoms. The molecule has 2 amide bonds. The van der Waals surface area contributed by atoms with Crippen molar-refractivity contribution in [2.75, 3.05) is 16.4 Å². The number of sulfone groups is 1. The van der Waals surface area contributed by atoms with Crippen molar-refractivity contribution in [2.24, 2.45) is 0 Å². The van der Waals surface area contributed by atoms with Crippen LogP contribution in [0.15, 0.2) is 18.2 Å². The lowest BCUT2D eigenvalue weighted by Crippen LogP contribution is -2.36. The number of fused-ring (bicyclic) bond motifs is 1. The van der Waals surface area contributed by atoms with Crippen LogP contribution in [0.5, 0.6) is 0 Å². The zero-order valence-electron chi connectivity index (χ0n) is 16.2. The van der Waals surface area contributed by atoms with Gasteiger partial charge in [0, 0.05) is 23.1 Å². The Morgan fingerprint density at radius 3 is 2.79 bits per heavy atom. The average molecular weight is 419 g/mol. The summed E-state index contributed by atoms with van der Waals surface area (Å²) in [6.45, 7) is 3.81. The van der Waals surface area contributed by atoms with Crippen molar-refractivity contribution in [1.82, 2.24) is 10.3 Å². The number of anilines is 1. The number of hydrogen-bond acceptors (Lipinski definition) is 4. The first-order chi connectivity index (χ1) is 13.6. The second-order valence-corrected chi connectivity index (χ2v) is 9.96. The van der Waals surface area contributed by atoms with Gasteiger partial charge >= 0.3 is 0 Å². The van der Waals surface area contributed by atoms with Gasteiger partial charge in [0.05, 0.1) is 30.0 Å². The van der Waals surface area contributed by atoms with Gasteiger partial charge in [-0.25, -0.2) is 12.8 Å². The van der Waals surface area contributed by atoms with E-state index in [9.17, 15) is 22.4 Å². The molecule has 0 bridgehead atoms. The summed E-state index contributed by atoms with van der Waals surface area (Å²) in [5.74, 6) is -0.771. The number of aromatic nitrogens is 1. The first-order valence-electron chi connectivity index (χ1n) is 9.43. The molecule has 2 aliphatic rings. The SMILES string of the molecule is Cc1[nH]c(CN2C(=O)Cc3cc(F)ccc32)c(C)c1C(=O)NC1CCS(=O)(=O)C1. The summed E-state index contributed by atoms with van der Waals surface area (Å²) < 4.78 is 36.7. The third-order valence-corrected chi connectivity index (χ3v) is 7.40. The molecule has 1 unspecified atom stereocenters. The first kappa shape index (κ1) is 19.6. The normalized spacial score (nSPS) is 20.2. The molecule has 4 rings (SSSR count). The van der Waals surface area contributed by atoms with Crippen molar-refractivity contribution in [1.29, 1.82) is 0 Å². The first-order valence-corrected chi connectivity index (χ1v) is 11.2. The Kier molecular flexibility index (Phi) is 4.72. The average Bonchev–Trinajstić information content (AvgIpc) is 3.21. The monoisotopic (exact) mass is 419 g/mol. The molecule has 0 radical (unpaired) electrons. The van der Waals surface area contributed by atoms with Crippen molar-refractivity contribution >= 4 is 27.3 Å². The molecule has 0 aliphatic carbocycles. The summed E-state index contributed by atoms with van der Waals surface area (Å²) in [4.78, 5) is 29.9. The number of amides is 2. The summed E-state index contributed by atoms with van der Waals surface area (Å²) in [6, 6.07) is 3.90. The number of carbonyl (C=O) groups is 2. The number of aryl methyl sites for hydroxylation is 1.